The highest BCUT2D eigenvalue weighted by Gasteiger charge is 2.56. The Kier molecular flexibility index (Phi) is 2.78. The number of hydrogen-bond acceptors (Lipinski definition) is 3. The number of carbonyl (C=O) groups is 2. The standard InChI is InChI=1S/C9H13NO4/c1-3-6-14-8(13)10(2)9(4-5-9)7(11)12/h3H,1,4-6H2,2H3,(H,11,12). The van der Waals surface area contributed by atoms with Gasteiger partial charge in [0.05, 0.1) is 0 Å². The van der Waals surface area contributed by atoms with Gasteiger partial charge in [0.2, 0.25) is 0 Å². The van der Waals surface area contributed by atoms with Crippen LogP contribution in [-0.4, -0.2) is 41.3 Å². The van der Waals surface area contributed by atoms with E-state index in [0.717, 1.165) is 4.90 Å². The molecule has 0 aliphatic heterocycles. The molecule has 0 aromatic rings. The van der Waals surface area contributed by atoms with Crippen molar-refractivity contribution in [3.8, 4) is 0 Å². The molecule has 0 unspecified atom stereocenters. The second-order valence-electron chi connectivity index (χ2n) is 3.26. The number of carboxylic acid groups (broad SMARTS) is 1. The van der Waals surface area contributed by atoms with E-state index < -0.39 is 17.6 Å². The molecule has 0 atom stereocenters. The van der Waals surface area contributed by atoms with Gasteiger partial charge in [-0.15, -0.1) is 0 Å². The number of hydrogen-bond donors (Lipinski definition) is 1. The van der Waals surface area contributed by atoms with Gasteiger partial charge in [-0.1, -0.05) is 12.7 Å². The lowest BCUT2D eigenvalue weighted by molar-refractivity contribution is -0.143. The van der Waals surface area contributed by atoms with Crippen molar-refractivity contribution in [2.75, 3.05) is 13.7 Å². The van der Waals surface area contributed by atoms with E-state index in [-0.39, 0.29) is 6.61 Å². The molecule has 1 saturated carbocycles. The first-order valence-electron chi connectivity index (χ1n) is 4.29. The second-order valence-corrected chi connectivity index (χ2v) is 3.26. The fourth-order valence-corrected chi connectivity index (χ4v) is 1.21. The van der Waals surface area contributed by atoms with Crippen LogP contribution in [0.25, 0.3) is 0 Å². The number of amides is 1. The highest BCUT2D eigenvalue weighted by Crippen LogP contribution is 2.41. The SMILES string of the molecule is C=CCOC(=O)N(C)C1(C(=O)O)CC1. The summed E-state index contributed by atoms with van der Waals surface area (Å²) in [4.78, 5) is 23.3. The van der Waals surface area contributed by atoms with Gasteiger partial charge in [-0.05, 0) is 12.8 Å². The Morgan fingerprint density at radius 2 is 2.21 bits per heavy atom. The van der Waals surface area contributed by atoms with Crippen LogP contribution in [-0.2, 0) is 9.53 Å². The fourth-order valence-electron chi connectivity index (χ4n) is 1.21. The molecule has 0 spiro atoms. The molecule has 1 aliphatic carbocycles. The van der Waals surface area contributed by atoms with Crippen LogP contribution < -0.4 is 0 Å². The van der Waals surface area contributed by atoms with E-state index in [2.05, 4.69) is 6.58 Å². The molecule has 0 radical (unpaired) electrons. The van der Waals surface area contributed by atoms with Crippen molar-refractivity contribution in [3.05, 3.63) is 12.7 Å². The van der Waals surface area contributed by atoms with Gasteiger partial charge in [0.25, 0.3) is 0 Å². The van der Waals surface area contributed by atoms with Gasteiger partial charge in [0.1, 0.15) is 12.1 Å². The first-order valence-corrected chi connectivity index (χ1v) is 4.29. The lowest BCUT2D eigenvalue weighted by atomic mass is 10.2. The maximum atomic E-state index is 11.3. The summed E-state index contributed by atoms with van der Waals surface area (Å²) in [5.74, 6) is -0.976. The molecule has 78 valence electrons. The zero-order valence-corrected chi connectivity index (χ0v) is 8.02. The van der Waals surface area contributed by atoms with E-state index in [4.69, 9.17) is 9.84 Å². The van der Waals surface area contributed by atoms with Crippen molar-refractivity contribution in [1.29, 1.82) is 0 Å². The molecular formula is C9H13NO4. The van der Waals surface area contributed by atoms with Crippen LogP contribution in [0, 0.1) is 0 Å². The average Bonchev–Trinajstić information content (AvgIpc) is 2.93. The molecular weight excluding hydrogens is 186 g/mol. The molecule has 14 heavy (non-hydrogen) atoms. The Morgan fingerprint density at radius 1 is 1.64 bits per heavy atom. The smallest absolute Gasteiger partial charge is 0.410 e. The van der Waals surface area contributed by atoms with E-state index in [0.29, 0.717) is 12.8 Å². The van der Waals surface area contributed by atoms with Crippen LogP contribution in [0.1, 0.15) is 12.8 Å². The summed E-state index contributed by atoms with van der Waals surface area (Å²) in [6, 6.07) is 0. The number of nitrogens with zero attached hydrogens (tertiary/aromatic N) is 1. The Hall–Kier alpha value is -1.52. The third-order valence-electron chi connectivity index (χ3n) is 2.36. The monoisotopic (exact) mass is 199 g/mol. The molecule has 5 heteroatoms. The van der Waals surface area contributed by atoms with Gasteiger partial charge in [-0.2, -0.15) is 0 Å². The van der Waals surface area contributed by atoms with E-state index >= 15 is 0 Å². The van der Waals surface area contributed by atoms with Crippen LogP contribution in [0.4, 0.5) is 4.79 Å². The summed E-state index contributed by atoms with van der Waals surface area (Å²) in [6.07, 6.45) is 1.79. The molecule has 0 saturated heterocycles. The molecule has 0 aromatic heterocycles. The summed E-state index contributed by atoms with van der Waals surface area (Å²) in [5, 5.41) is 8.88. The third kappa shape index (κ3) is 1.71. The van der Waals surface area contributed by atoms with E-state index in [1.165, 1.54) is 13.1 Å². The molecule has 0 bridgehead atoms. The number of carboxylic acids is 1. The molecule has 1 fully saturated rings. The lowest BCUT2D eigenvalue weighted by Gasteiger charge is -2.23. The minimum atomic E-state index is -1.03. The van der Waals surface area contributed by atoms with Crippen molar-refractivity contribution >= 4 is 12.1 Å². The minimum Gasteiger partial charge on any atom is -0.479 e. The maximum Gasteiger partial charge on any atom is 0.410 e. The number of rotatable bonds is 4. The second kappa shape index (κ2) is 3.69. The van der Waals surface area contributed by atoms with E-state index in [1.54, 1.807) is 0 Å². The highest BCUT2D eigenvalue weighted by molar-refractivity contribution is 5.87. The van der Waals surface area contributed by atoms with Gasteiger partial charge < -0.3 is 9.84 Å². The summed E-state index contributed by atoms with van der Waals surface area (Å²) < 4.78 is 4.74. The van der Waals surface area contributed by atoms with Gasteiger partial charge in [-0.25, -0.2) is 9.59 Å². The highest BCUT2D eigenvalue weighted by atomic mass is 16.6. The molecule has 1 N–H and O–H groups in total. The first-order chi connectivity index (χ1) is 6.54. The fraction of sp³-hybridized carbons (Fsp3) is 0.556. The van der Waals surface area contributed by atoms with Crippen molar-refractivity contribution in [1.82, 2.24) is 4.90 Å². The van der Waals surface area contributed by atoms with Gasteiger partial charge in [0, 0.05) is 7.05 Å². The van der Waals surface area contributed by atoms with Gasteiger partial charge in [-0.3, -0.25) is 4.90 Å². The number of aliphatic carboxylic acids is 1. The van der Waals surface area contributed by atoms with Gasteiger partial charge in [0.15, 0.2) is 0 Å². The van der Waals surface area contributed by atoms with Crippen LogP contribution >= 0.6 is 0 Å². The van der Waals surface area contributed by atoms with Crippen molar-refractivity contribution in [2.24, 2.45) is 0 Å². The number of likely N-dealkylation sites (N-methyl/N-ethyl adjacent to an activating group) is 1. The van der Waals surface area contributed by atoms with Crippen LogP contribution in [0.3, 0.4) is 0 Å². The normalized spacial score (nSPS) is 16.9. The zero-order chi connectivity index (χ0) is 10.8. The molecule has 1 aliphatic rings. The Bertz CT molecular complexity index is 270. The summed E-state index contributed by atoms with van der Waals surface area (Å²) in [7, 11) is 1.44. The minimum absolute atomic E-state index is 0.0961. The van der Waals surface area contributed by atoms with Crippen molar-refractivity contribution < 1.29 is 19.4 Å². The average molecular weight is 199 g/mol. The van der Waals surface area contributed by atoms with Crippen molar-refractivity contribution in [2.45, 2.75) is 18.4 Å². The Balaban J connectivity index is 2.56. The van der Waals surface area contributed by atoms with Crippen LogP contribution in [0.15, 0.2) is 12.7 Å². The third-order valence-corrected chi connectivity index (χ3v) is 2.36. The number of carbonyl (C=O) groups excluding carboxylic acids is 1. The quantitative estimate of drug-likeness (QED) is 0.682. The predicted molar refractivity (Wildman–Crippen MR) is 48.9 cm³/mol. The zero-order valence-electron chi connectivity index (χ0n) is 8.02. The first kappa shape index (κ1) is 10.6. The molecule has 1 rings (SSSR count). The topological polar surface area (TPSA) is 66.8 Å². The van der Waals surface area contributed by atoms with Crippen LogP contribution in [0.5, 0.6) is 0 Å². The van der Waals surface area contributed by atoms with E-state index in [1.807, 2.05) is 0 Å². The molecule has 0 heterocycles. The molecule has 1 amide bonds. The van der Waals surface area contributed by atoms with Crippen LogP contribution in [0.2, 0.25) is 0 Å². The Labute approximate surface area is 82.0 Å². The summed E-state index contributed by atoms with van der Waals surface area (Å²) in [6.45, 7) is 3.49. The lowest BCUT2D eigenvalue weighted by Crippen LogP contribution is -2.44. The number of ether oxygens (including phenoxy) is 1. The molecule has 0 aromatic carbocycles. The predicted octanol–water partition coefficient (Wildman–Crippen LogP) is 0.858. The molecule has 5 nitrogen and oxygen atoms in total. The van der Waals surface area contributed by atoms with E-state index in [9.17, 15) is 9.59 Å². The Morgan fingerprint density at radius 3 is 2.57 bits per heavy atom. The largest absolute Gasteiger partial charge is 0.479 e. The summed E-state index contributed by atoms with van der Waals surface area (Å²) in [5.41, 5.74) is -1.03. The maximum absolute atomic E-state index is 11.3. The summed E-state index contributed by atoms with van der Waals surface area (Å²) >= 11 is 0. The van der Waals surface area contributed by atoms with Crippen molar-refractivity contribution in [3.63, 3.8) is 0 Å². The van der Waals surface area contributed by atoms with Gasteiger partial charge >= 0.3 is 12.1 Å².